The molecule has 110 valence electrons. The van der Waals surface area contributed by atoms with Crippen molar-refractivity contribution in [3.63, 3.8) is 0 Å². The van der Waals surface area contributed by atoms with Gasteiger partial charge in [-0.25, -0.2) is 0 Å². The van der Waals surface area contributed by atoms with Gasteiger partial charge in [-0.15, -0.1) is 12.4 Å². The lowest BCUT2D eigenvalue weighted by Gasteiger charge is -2.23. The fraction of sp³-hybridized carbons (Fsp3) is 0.333. The molecule has 2 amide bonds. The molecule has 0 aliphatic carbocycles. The van der Waals surface area contributed by atoms with Crippen molar-refractivity contribution in [2.45, 2.75) is 6.04 Å². The SMILES string of the molecule is Cl.NC(=O)c1cc(NC(=O)C2COCCN2)ccc1Cl. The number of primary amides is 1. The van der Waals surface area contributed by atoms with Gasteiger partial charge in [0.1, 0.15) is 6.04 Å². The largest absolute Gasteiger partial charge is 0.378 e. The maximum atomic E-state index is 11.9. The number of rotatable bonds is 3. The Morgan fingerprint density at radius 1 is 1.45 bits per heavy atom. The van der Waals surface area contributed by atoms with Gasteiger partial charge >= 0.3 is 0 Å². The van der Waals surface area contributed by atoms with E-state index < -0.39 is 11.9 Å². The Morgan fingerprint density at radius 3 is 2.80 bits per heavy atom. The van der Waals surface area contributed by atoms with Gasteiger partial charge in [-0.1, -0.05) is 11.6 Å². The maximum absolute atomic E-state index is 11.9. The average Bonchev–Trinajstić information content (AvgIpc) is 2.41. The molecule has 1 aromatic rings. The summed E-state index contributed by atoms with van der Waals surface area (Å²) < 4.78 is 5.20. The number of morpholine rings is 1. The van der Waals surface area contributed by atoms with Crippen LogP contribution in [0.2, 0.25) is 5.02 Å². The molecule has 0 bridgehead atoms. The molecule has 1 aliphatic rings. The van der Waals surface area contributed by atoms with Crippen LogP contribution in [0, 0.1) is 0 Å². The van der Waals surface area contributed by atoms with Gasteiger partial charge in [-0.2, -0.15) is 0 Å². The summed E-state index contributed by atoms with van der Waals surface area (Å²) in [6.07, 6.45) is 0. The van der Waals surface area contributed by atoms with E-state index in [4.69, 9.17) is 22.1 Å². The van der Waals surface area contributed by atoms with Gasteiger partial charge in [-0.05, 0) is 18.2 Å². The first kappa shape index (κ1) is 16.7. The Labute approximate surface area is 127 Å². The van der Waals surface area contributed by atoms with Crippen molar-refractivity contribution >= 4 is 41.5 Å². The van der Waals surface area contributed by atoms with E-state index in [9.17, 15) is 9.59 Å². The number of nitrogens with two attached hydrogens (primary N) is 1. The van der Waals surface area contributed by atoms with Gasteiger partial charge in [-0.3, -0.25) is 9.59 Å². The molecule has 20 heavy (non-hydrogen) atoms. The van der Waals surface area contributed by atoms with Crippen LogP contribution in [0.4, 0.5) is 5.69 Å². The molecule has 1 atom stereocenters. The van der Waals surface area contributed by atoms with Crippen molar-refractivity contribution in [3.8, 4) is 0 Å². The highest BCUT2D eigenvalue weighted by molar-refractivity contribution is 6.34. The summed E-state index contributed by atoms with van der Waals surface area (Å²) in [6, 6.07) is 4.17. The number of amides is 2. The molecule has 6 nitrogen and oxygen atoms in total. The van der Waals surface area contributed by atoms with E-state index in [-0.39, 0.29) is 28.9 Å². The van der Waals surface area contributed by atoms with Crippen LogP contribution in [-0.4, -0.2) is 37.6 Å². The lowest BCUT2D eigenvalue weighted by Crippen LogP contribution is -2.48. The second kappa shape index (κ2) is 7.44. The lowest BCUT2D eigenvalue weighted by molar-refractivity contribution is -0.120. The first-order valence-electron chi connectivity index (χ1n) is 5.79. The summed E-state index contributed by atoms with van der Waals surface area (Å²) in [5.74, 6) is -0.863. The van der Waals surface area contributed by atoms with Gasteiger partial charge in [0, 0.05) is 12.2 Å². The fourth-order valence-corrected chi connectivity index (χ4v) is 1.97. The molecule has 0 radical (unpaired) electrons. The van der Waals surface area contributed by atoms with Gasteiger partial charge in [0.2, 0.25) is 11.8 Å². The maximum Gasteiger partial charge on any atom is 0.250 e. The Morgan fingerprint density at radius 2 is 2.20 bits per heavy atom. The molecule has 1 heterocycles. The number of nitrogens with one attached hydrogen (secondary N) is 2. The van der Waals surface area contributed by atoms with E-state index in [1.165, 1.54) is 12.1 Å². The van der Waals surface area contributed by atoms with E-state index in [0.717, 1.165) is 0 Å². The molecular formula is C12H15Cl2N3O3. The van der Waals surface area contributed by atoms with E-state index in [0.29, 0.717) is 25.4 Å². The predicted molar refractivity (Wildman–Crippen MR) is 78.5 cm³/mol. The van der Waals surface area contributed by atoms with Crippen LogP contribution in [0.1, 0.15) is 10.4 Å². The van der Waals surface area contributed by atoms with E-state index in [1.807, 2.05) is 0 Å². The molecule has 0 spiro atoms. The topological polar surface area (TPSA) is 93.5 Å². The fourth-order valence-electron chi connectivity index (χ4n) is 1.76. The third-order valence-corrected chi connectivity index (χ3v) is 3.07. The van der Waals surface area contributed by atoms with E-state index in [1.54, 1.807) is 6.07 Å². The Hall–Kier alpha value is -1.34. The van der Waals surface area contributed by atoms with Crippen LogP contribution in [-0.2, 0) is 9.53 Å². The second-order valence-corrected chi connectivity index (χ2v) is 4.54. The molecule has 0 saturated carbocycles. The van der Waals surface area contributed by atoms with Gasteiger partial charge in [0.15, 0.2) is 0 Å². The molecule has 2 rings (SSSR count). The lowest BCUT2D eigenvalue weighted by atomic mass is 10.1. The monoisotopic (exact) mass is 319 g/mol. The smallest absolute Gasteiger partial charge is 0.250 e. The zero-order chi connectivity index (χ0) is 13.8. The zero-order valence-corrected chi connectivity index (χ0v) is 12.1. The van der Waals surface area contributed by atoms with Crippen molar-refractivity contribution in [2.75, 3.05) is 25.1 Å². The quantitative estimate of drug-likeness (QED) is 0.767. The van der Waals surface area contributed by atoms with Gasteiger partial charge in [0.05, 0.1) is 23.8 Å². The first-order chi connectivity index (χ1) is 9.08. The van der Waals surface area contributed by atoms with E-state index in [2.05, 4.69) is 10.6 Å². The molecule has 1 fully saturated rings. The minimum atomic E-state index is -0.639. The highest BCUT2D eigenvalue weighted by Crippen LogP contribution is 2.20. The number of hydrogen-bond donors (Lipinski definition) is 3. The zero-order valence-electron chi connectivity index (χ0n) is 10.5. The summed E-state index contributed by atoms with van der Waals surface area (Å²) in [5, 5.41) is 5.97. The number of carbonyl (C=O) groups excluding carboxylic acids is 2. The second-order valence-electron chi connectivity index (χ2n) is 4.13. The highest BCUT2D eigenvalue weighted by Gasteiger charge is 2.21. The van der Waals surface area contributed by atoms with E-state index >= 15 is 0 Å². The van der Waals surface area contributed by atoms with Crippen LogP contribution in [0.15, 0.2) is 18.2 Å². The Kier molecular flexibility index (Phi) is 6.22. The molecule has 8 heteroatoms. The molecule has 1 saturated heterocycles. The number of carbonyl (C=O) groups is 2. The van der Waals surface area contributed by atoms with Gasteiger partial charge < -0.3 is 21.1 Å². The van der Waals surface area contributed by atoms with Crippen molar-refractivity contribution in [1.29, 1.82) is 0 Å². The van der Waals surface area contributed by atoms with Crippen molar-refractivity contribution in [3.05, 3.63) is 28.8 Å². The summed E-state index contributed by atoms with van der Waals surface area (Å²) in [7, 11) is 0. The molecule has 1 unspecified atom stereocenters. The number of halogens is 2. The Balaban J connectivity index is 0.00000200. The third-order valence-electron chi connectivity index (χ3n) is 2.74. The average molecular weight is 320 g/mol. The van der Waals surface area contributed by atoms with Crippen molar-refractivity contribution in [2.24, 2.45) is 5.73 Å². The van der Waals surface area contributed by atoms with Crippen molar-refractivity contribution < 1.29 is 14.3 Å². The minimum absolute atomic E-state index is 0. The van der Waals surface area contributed by atoms with Crippen LogP contribution in [0.3, 0.4) is 0 Å². The molecule has 4 N–H and O–H groups in total. The number of anilines is 1. The molecule has 1 aromatic carbocycles. The van der Waals surface area contributed by atoms with Crippen molar-refractivity contribution in [1.82, 2.24) is 5.32 Å². The predicted octanol–water partition coefficient (Wildman–Crippen LogP) is 0.788. The minimum Gasteiger partial charge on any atom is -0.378 e. The summed E-state index contributed by atoms with van der Waals surface area (Å²) in [6.45, 7) is 1.55. The first-order valence-corrected chi connectivity index (χ1v) is 6.17. The molecule has 1 aliphatic heterocycles. The van der Waals surface area contributed by atoms with Gasteiger partial charge in [0.25, 0.3) is 0 Å². The number of hydrogen-bond acceptors (Lipinski definition) is 4. The summed E-state index contributed by atoms with van der Waals surface area (Å²) in [5.41, 5.74) is 5.83. The van der Waals surface area contributed by atoms with Crippen LogP contribution in [0.25, 0.3) is 0 Å². The van der Waals surface area contributed by atoms with Crippen LogP contribution < -0.4 is 16.4 Å². The number of ether oxygens (including phenoxy) is 1. The Bertz CT molecular complexity index is 505. The van der Waals surface area contributed by atoms with Crippen LogP contribution >= 0.6 is 24.0 Å². The summed E-state index contributed by atoms with van der Waals surface area (Å²) in [4.78, 5) is 23.1. The normalized spacial score (nSPS) is 17.9. The number of benzene rings is 1. The van der Waals surface area contributed by atoms with Crippen LogP contribution in [0.5, 0.6) is 0 Å². The standard InChI is InChI=1S/C12H14ClN3O3.ClH/c13-9-2-1-7(5-8(9)11(14)17)16-12(18)10-6-19-4-3-15-10;/h1-2,5,10,15H,3-4,6H2,(H2,14,17)(H,16,18);1H. The molecular weight excluding hydrogens is 305 g/mol. The summed E-state index contributed by atoms with van der Waals surface area (Å²) >= 11 is 5.83. The third kappa shape index (κ3) is 4.08. The molecule has 0 aromatic heterocycles. The highest BCUT2D eigenvalue weighted by atomic mass is 35.5.